The summed E-state index contributed by atoms with van der Waals surface area (Å²) in [4.78, 5) is 15.3. The normalized spacial score (nSPS) is 10.9. The quantitative estimate of drug-likeness (QED) is 0.195. The number of amides is 1. The predicted molar refractivity (Wildman–Crippen MR) is 123 cm³/mol. The maximum absolute atomic E-state index is 11.1. The summed E-state index contributed by atoms with van der Waals surface area (Å²) in [5.41, 5.74) is 1.51. The van der Waals surface area contributed by atoms with E-state index in [2.05, 4.69) is 31.1 Å². The number of benzene rings is 1. The van der Waals surface area contributed by atoms with Gasteiger partial charge in [0.25, 0.3) is 0 Å². The summed E-state index contributed by atoms with van der Waals surface area (Å²) in [5.74, 6) is 2.01. The molecule has 3 aromatic rings. The molecule has 9 nitrogen and oxygen atoms in total. The highest BCUT2D eigenvalue weighted by Crippen LogP contribution is 2.17. The molecule has 0 bridgehead atoms. The zero-order valence-electron chi connectivity index (χ0n) is 16.3. The second-order valence-corrected chi connectivity index (χ2v) is 5.96. The van der Waals surface area contributed by atoms with Crippen LogP contribution in [-0.2, 0) is 11.3 Å². The molecule has 0 radical (unpaired) electrons. The number of carbonyl (C=O) groups is 1. The van der Waals surface area contributed by atoms with E-state index in [-0.39, 0.29) is 29.9 Å². The van der Waals surface area contributed by atoms with Crippen molar-refractivity contribution in [1.29, 1.82) is 0 Å². The Labute approximate surface area is 186 Å². The minimum absolute atomic E-state index is 0. The summed E-state index contributed by atoms with van der Waals surface area (Å²) in [6.07, 6.45) is 1.92. The van der Waals surface area contributed by atoms with Crippen molar-refractivity contribution in [1.82, 2.24) is 25.2 Å². The van der Waals surface area contributed by atoms with E-state index in [1.54, 1.807) is 13.1 Å². The van der Waals surface area contributed by atoms with Gasteiger partial charge in [-0.1, -0.05) is 12.1 Å². The van der Waals surface area contributed by atoms with Gasteiger partial charge in [-0.2, -0.15) is 0 Å². The monoisotopic (exact) mass is 509 g/mol. The van der Waals surface area contributed by atoms with Crippen LogP contribution in [0.1, 0.15) is 12.7 Å². The third kappa shape index (κ3) is 6.59. The zero-order valence-corrected chi connectivity index (χ0v) is 18.6. The lowest BCUT2D eigenvalue weighted by atomic mass is 10.3. The summed E-state index contributed by atoms with van der Waals surface area (Å²) >= 11 is 0. The molecule has 0 aliphatic rings. The number of nitrogens with one attached hydrogen (secondary N) is 3. The SMILES string of the molecule is CN=C(NCCOc1cccc(NC(C)=O)c1)NCc1nnc2ccccn12.I. The van der Waals surface area contributed by atoms with Crippen LogP contribution in [0.5, 0.6) is 5.75 Å². The van der Waals surface area contributed by atoms with Gasteiger partial charge in [-0.3, -0.25) is 14.2 Å². The molecule has 2 aromatic heterocycles. The molecule has 0 saturated carbocycles. The van der Waals surface area contributed by atoms with Gasteiger partial charge in [-0.05, 0) is 24.3 Å². The average Bonchev–Trinajstić information content (AvgIpc) is 3.10. The first-order chi connectivity index (χ1) is 13.7. The van der Waals surface area contributed by atoms with E-state index in [0.29, 0.717) is 37.1 Å². The lowest BCUT2D eigenvalue weighted by Crippen LogP contribution is -2.39. The summed E-state index contributed by atoms with van der Waals surface area (Å²) in [6, 6.07) is 13.0. The van der Waals surface area contributed by atoms with Crippen LogP contribution in [0.25, 0.3) is 5.65 Å². The van der Waals surface area contributed by atoms with Crippen LogP contribution in [0.4, 0.5) is 5.69 Å². The summed E-state index contributed by atoms with van der Waals surface area (Å²) < 4.78 is 7.63. The number of nitrogens with zero attached hydrogens (tertiary/aromatic N) is 4. The van der Waals surface area contributed by atoms with Gasteiger partial charge >= 0.3 is 0 Å². The zero-order chi connectivity index (χ0) is 19.8. The summed E-state index contributed by atoms with van der Waals surface area (Å²) in [6.45, 7) is 2.96. The maximum atomic E-state index is 11.1. The van der Waals surface area contributed by atoms with Crippen LogP contribution in [0, 0.1) is 0 Å². The van der Waals surface area contributed by atoms with Gasteiger partial charge in [0, 0.05) is 31.9 Å². The minimum Gasteiger partial charge on any atom is -0.492 e. The van der Waals surface area contributed by atoms with E-state index < -0.39 is 0 Å². The Morgan fingerprint density at radius 3 is 2.83 bits per heavy atom. The Morgan fingerprint density at radius 2 is 2.03 bits per heavy atom. The Hall–Kier alpha value is -2.89. The smallest absolute Gasteiger partial charge is 0.221 e. The lowest BCUT2D eigenvalue weighted by Gasteiger charge is -2.12. The summed E-state index contributed by atoms with van der Waals surface area (Å²) in [7, 11) is 1.70. The third-order valence-electron chi connectivity index (χ3n) is 3.84. The molecular weight excluding hydrogens is 485 g/mol. The van der Waals surface area contributed by atoms with E-state index in [9.17, 15) is 4.79 Å². The first-order valence-electron chi connectivity index (χ1n) is 8.89. The Kier molecular flexibility index (Phi) is 8.65. The molecular formula is C19H24IN7O2. The van der Waals surface area contributed by atoms with Crippen molar-refractivity contribution in [3.8, 4) is 5.75 Å². The van der Waals surface area contributed by atoms with Gasteiger partial charge in [-0.25, -0.2) is 0 Å². The second-order valence-electron chi connectivity index (χ2n) is 5.96. The molecule has 0 aliphatic heterocycles. The highest BCUT2D eigenvalue weighted by Gasteiger charge is 2.05. The highest BCUT2D eigenvalue weighted by atomic mass is 127. The van der Waals surface area contributed by atoms with E-state index >= 15 is 0 Å². The lowest BCUT2D eigenvalue weighted by molar-refractivity contribution is -0.114. The molecule has 0 spiro atoms. The number of hydrogen-bond acceptors (Lipinski definition) is 5. The van der Waals surface area contributed by atoms with Gasteiger partial charge in [-0.15, -0.1) is 34.2 Å². The number of rotatable bonds is 7. The second kappa shape index (κ2) is 11.2. The van der Waals surface area contributed by atoms with Crippen LogP contribution < -0.4 is 20.7 Å². The first kappa shape index (κ1) is 22.4. The van der Waals surface area contributed by atoms with E-state index in [1.165, 1.54) is 6.92 Å². The number of pyridine rings is 1. The van der Waals surface area contributed by atoms with Crippen LogP contribution >= 0.6 is 24.0 Å². The molecule has 10 heteroatoms. The van der Waals surface area contributed by atoms with E-state index in [4.69, 9.17) is 4.74 Å². The van der Waals surface area contributed by atoms with Gasteiger partial charge in [0.2, 0.25) is 5.91 Å². The van der Waals surface area contributed by atoms with Crippen molar-refractivity contribution in [2.45, 2.75) is 13.5 Å². The van der Waals surface area contributed by atoms with Crippen molar-refractivity contribution in [2.24, 2.45) is 4.99 Å². The van der Waals surface area contributed by atoms with Gasteiger partial charge < -0.3 is 20.7 Å². The minimum atomic E-state index is -0.117. The molecule has 1 aromatic carbocycles. The first-order valence-corrected chi connectivity index (χ1v) is 8.89. The molecule has 154 valence electrons. The molecule has 0 fully saturated rings. The van der Waals surface area contributed by atoms with Crippen molar-refractivity contribution in [3.63, 3.8) is 0 Å². The van der Waals surface area contributed by atoms with Crippen molar-refractivity contribution >= 4 is 47.2 Å². The molecule has 0 aliphatic carbocycles. The number of aliphatic imine (C=N–C) groups is 1. The highest BCUT2D eigenvalue weighted by molar-refractivity contribution is 14.0. The maximum Gasteiger partial charge on any atom is 0.221 e. The molecule has 3 N–H and O–H groups in total. The molecule has 0 unspecified atom stereocenters. The number of fused-ring (bicyclic) bond motifs is 1. The topological polar surface area (TPSA) is 105 Å². The van der Waals surface area contributed by atoms with Crippen LogP contribution in [0.2, 0.25) is 0 Å². The number of ether oxygens (including phenoxy) is 1. The largest absolute Gasteiger partial charge is 0.492 e. The Bertz CT molecular complexity index is 974. The molecule has 29 heavy (non-hydrogen) atoms. The van der Waals surface area contributed by atoms with Crippen LogP contribution in [0.3, 0.4) is 0 Å². The van der Waals surface area contributed by atoms with E-state index in [0.717, 1.165) is 11.5 Å². The number of halogens is 1. The van der Waals surface area contributed by atoms with E-state index in [1.807, 2.05) is 47.0 Å². The number of aromatic nitrogens is 3. The fourth-order valence-corrected chi connectivity index (χ4v) is 2.60. The molecule has 0 atom stereocenters. The number of anilines is 1. The summed E-state index contributed by atoms with van der Waals surface area (Å²) in [5, 5.41) is 17.4. The molecule has 1 amide bonds. The van der Waals surface area contributed by atoms with Gasteiger partial charge in [0.05, 0.1) is 13.1 Å². The standard InChI is InChI=1S/C19H23N7O2.HI/c1-14(27)23-15-6-5-7-16(12-15)28-11-9-21-19(20-2)22-13-18-25-24-17-8-3-4-10-26(17)18;/h3-8,10,12H,9,11,13H2,1-2H3,(H,23,27)(H2,20,21,22);1H. The van der Waals surface area contributed by atoms with Gasteiger partial charge in [0.1, 0.15) is 12.4 Å². The van der Waals surface area contributed by atoms with Crippen molar-refractivity contribution < 1.29 is 9.53 Å². The van der Waals surface area contributed by atoms with Crippen LogP contribution in [-0.4, -0.2) is 46.7 Å². The van der Waals surface area contributed by atoms with Crippen molar-refractivity contribution in [3.05, 3.63) is 54.5 Å². The van der Waals surface area contributed by atoms with Crippen LogP contribution in [0.15, 0.2) is 53.7 Å². The Balaban J connectivity index is 0.00000300. The number of guanidine groups is 1. The number of hydrogen-bond donors (Lipinski definition) is 3. The van der Waals surface area contributed by atoms with Crippen molar-refractivity contribution in [2.75, 3.05) is 25.5 Å². The Morgan fingerprint density at radius 1 is 1.17 bits per heavy atom. The van der Waals surface area contributed by atoms with Gasteiger partial charge in [0.15, 0.2) is 17.4 Å². The number of carbonyl (C=O) groups excluding carboxylic acids is 1. The predicted octanol–water partition coefficient (Wildman–Crippen LogP) is 2.05. The molecule has 3 rings (SSSR count). The molecule has 0 saturated heterocycles. The fourth-order valence-electron chi connectivity index (χ4n) is 2.60. The average molecular weight is 509 g/mol. The molecule has 2 heterocycles. The fraction of sp³-hybridized carbons (Fsp3) is 0.263. The third-order valence-corrected chi connectivity index (χ3v) is 3.84.